The number of aliphatic hydroxyl groups excluding tert-OH is 1. The third-order valence-electron chi connectivity index (χ3n) is 4.16. The molecule has 0 spiro atoms. The fourth-order valence-electron chi connectivity index (χ4n) is 2.59. The van der Waals surface area contributed by atoms with Gasteiger partial charge in [0, 0.05) is 24.3 Å². The third kappa shape index (κ3) is 4.91. The SMILES string of the molecule is CN(C(=O)CSc1ncc(CO)n1Cc1ccc(Cl)cc1)c1ccccc1. The number of aliphatic hydroxyl groups is 1. The van der Waals surface area contributed by atoms with E-state index in [0.717, 1.165) is 11.3 Å². The molecule has 0 fully saturated rings. The summed E-state index contributed by atoms with van der Waals surface area (Å²) in [5, 5.41) is 11.0. The maximum atomic E-state index is 12.5. The van der Waals surface area contributed by atoms with Gasteiger partial charge in [0.2, 0.25) is 5.91 Å². The van der Waals surface area contributed by atoms with Crippen molar-refractivity contribution in [1.29, 1.82) is 0 Å². The van der Waals surface area contributed by atoms with E-state index in [2.05, 4.69) is 4.98 Å². The lowest BCUT2D eigenvalue weighted by Gasteiger charge is -2.17. The topological polar surface area (TPSA) is 58.4 Å². The van der Waals surface area contributed by atoms with Crippen LogP contribution in [-0.2, 0) is 17.9 Å². The number of para-hydroxylation sites is 1. The minimum atomic E-state index is -0.112. The Bertz CT molecular complexity index is 897. The van der Waals surface area contributed by atoms with Crippen molar-refractivity contribution in [2.75, 3.05) is 17.7 Å². The molecule has 3 aromatic rings. The van der Waals surface area contributed by atoms with E-state index >= 15 is 0 Å². The molecule has 1 amide bonds. The molecule has 1 aromatic heterocycles. The minimum Gasteiger partial charge on any atom is -0.390 e. The van der Waals surface area contributed by atoms with Gasteiger partial charge in [-0.1, -0.05) is 53.7 Å². The van der Waals surface area contributed by atoms with Gasteiger partial charge in [0.1, 0.15) is 0 Å². The highest BCUT2D eigenvalue weighted by Gasteiger charge is 2.15. The van der Waals surface area contributed by atoms with Crippen LogP contribution in [0.1, 0.15) is 11.3 Å². The first-order valence-corrected chi connectivity index (χ1v) is 9.79. The summed E-state index contributed by atoms with van der Waals surface area (Å²) in [6.45, 7) is 0.442. The van der Waals surface area contributed by atoms with E-state index < -0.39 is 0 Å². The lowest BCUT2D eigenvalue weighted by molar-refractivity contribution is -0.115. The standard InChI is InChI=1S/C20H20ClN3O2S/c1-23(17-5-3-2-4-6-17)19(26)14-27-20-22-11-18(13-25)24(20)12-15-7-9-16(21)10-8-15/h2-11,25H,12-14H2,1H3. The van der Waals surface area contributed by atoms with Crippen LogP contribution in [0, 0.1) is 0 Å². The fourth-order valence-corrected chi connectivity index (χ4v) is 3.63. The third-order valence-corrected chi connectivity index (χ3v) is 5.39. The number of halogens is 1. The van der Waals surface area contributed by atoms with Crippen LogP contribution in [0.3, 0.4) is 0 Å². The number of amides is 1. The smallest absolute Gasteiger partial charge is 0.237 e. The van der Waals surface area contributed by atoms with Crippen LogP contribution in [0.15, 0.2) is 66.0 Å². The van der Waals surface area contributed by atoms with Crippen LogP contribution in [0.25, 0.3) is 0 Å². The van der Waals surface area contributed by atoms with Crippen LogP contribution in [-0.4, -0.2) is 33.4 Å². The van der Waals surface area contributed by atoms with Crippen LogP contribution >= 0.6 is 23.4 Å². The van der Waals surface area contributed by atoms with Crippen LogP contribution in [0.2, 0.25) is 5.02 Å². The number of carbonyl (C=O) groups excluding carboxylic acids is 1. The van der Waals surface area contributed by atoms with Gasteiger partial charge in [-0.15, -0.1) is 0 Å². The summed E-state index contributed by atoms with van der Waals surface area (Å²) in [4.78, 5) is 18.5. The molecule has 27 heavy (non-hydrogen) atoms. The van der Waals surface area contributed by atoms with Gasteiger partial charge in [-0.3, -0.25) is 4.79 Å². The molecule has 0 atom stereocenters. The molecule has 0 bridgehead atoms. The second kappa shape index (κ2) is 9.08. The lowest BCUT2D eigenvalue weighted by atomic mass is 10.2. The molecule has 1 N–H and O–H groups in total. The van der Waals surface area contributed by atoms with Gasteiger partial charge in [0.25, 0.3) is 0 Å². The zero-order valence-corrected chi connectivity index (χ0v) is 16.5. The van der Waals surface area contributed by atoms with Gasteiger partial charge in [0.05, 0.1) is 24.3 Å². The van der Waals surface area contributed by atoms with Crippen LogP contribution < -0.4 is 4.90 Å². The van der Waals surface area contributed by atoms with E-state index in [0.29, 0.717) is 22.4 Å². The van der Waals surface area contributed by atoms with Crippen molar-refractivity contribution >= 4 is 35.0 Å². The molecule has 2 aromatic carbocycles. The molecular weight excluding hydrogens is 382 g/mol. The Morgan fingerprint density at radius 1 is 1.19 bits per heavy atom. The Hall–Kier alpha value is -2.28. The summed E-state index contributed by atoms with van der Waals surface area (Å²) >= 11 is 7.30. The van der Waals surface area contributed by atoms with Crippen molar-refractivity contribution in [3.8, 4) is 0 Å². The summed E-state index contributed by atoms with van der Waals surface area (Å²) in [6.07, 6.45) is 1.64. The van der Waals surface area contributed by atoms with E-state index in [1.165, 1.54) is 11.8 Å². The van der Waals surface area contributed by atoms with Crippen molar-refractivity contribution in [2.24, 2.45) is 0 Å². The molecule has 7 heteroatoms. The van der Waals surface area contributed by atoms with E-state index in [9.17, 15) is 9.90 Å². The number of carbonyl (C=O) groups is 1. The first-order chi connectivity index (χ1) is 13.1. The van der Waals surface area contributed by atoms with Gasteiger partial charge in [0.15, 0.2) is 5.16 Å². The second-order valence-electron chi connectivity index (χ2n) is 5.98. The van der Waals surface area contributed by atoms with Gasteiger partial charge < -0.3 is 14.6 Å². The highest BCUT2D eigenvalue weighted by atomic mass is 35.5. The van der Waals surface area contributed by atoms with Crippen molar-refractivity contribution in [3.63, 3.8) is 0 Å². The van der Waals surface area contributed by atoms with Crippen molar-refractivity contribution in [3.05, 3.63) is 77.1 Å². The molecule has 0 saturated carbocycles. The van der Waals surface area contributed by atoms with E-state index in [4.69, 9.17) is 11.6 Å². The average Bonchev–Trinajstić information content (AvgIpc) is 3.09. The molecule has 5 nitrogen and oxygen atoms in total. The normalized spacial score (nSPS) is 10.8. The number of nitrogens with zero attached hydrogens (tertiary/aromatic N) is 3. The number of hydrogen-bond donors (Lipinski definition) is 1. The van der Waals surface area contributed by atoms with Gasteiger partial charge in [-0.05, 0) is 29.8 Å². The Morgan fingerprint density at radius 3 is 2.56 bits per heavy atom. The number of thioether (sulfide) groups is 1. The molecule has 0 aliphatic heterocycles. The first-order valence-electron chi connectivity index (χ1n) is 8.42. The number of rotatable bonds is 7. The number of benzene rings is 2. The maximum absolute atomic E-state index is 12.5. The summed E-state index contributed by atoms with van der Waals surface area (Å²) in [6, 6.07) is 17.0. The Balaban J connectivity index is 1.70. The molecule has 1 heterocycles. The quantitative estimate of drug-likeness (QED) is 0.611. The first kappa shape index (κ1) is 19.5. The highest BCUT2D eigenvalue weighted by Crippen LogP contribution is 2.22. The molecule has 0 aliphatic rings. The summed E-state index contributed by atoms with van der Waals surface area (Å²) in [7, 11) is 1.76. The van der Waals surface area contributed by atoms with E-state index in [-0.39, 0.29) is 18.3 Å². The zero-order valence-electron chi connectivity index (χ0n) is 14.9. The number of imidazole rings is 1. The van der Waals surface area contributed by atoms with Gasteiger partial charge >= 0.3 is 0 Å². The Morgan fingerprint density at radius 2 is 1.89 bits per heavy atom. The Labute approximate surface area is 167 Å². The summed E-state index contributed by atoms with van der Waals surface area (Å²) < 4.78 is 1.92. The van der Waals surface area contributed by atoms with Crippen molar-refractivity contribution in [1.82, 2.24) is 9.55 Å². The highest BCUT2D eigenvalue weighted by molar-refractivity contribution is 7.99. The van der Waals surface area contributed by atoms with Crippen LogP contribution in [0.5, 0.6) is 0 Å². The number of hydrogen-bond acceptors (Lipinski definition) is 4. The van der Waals surface area contributed by atoms with Crippen molar-refractivity contribution in [2.45, 2.75) is 18.3 Å². The van der Waals surface area contributed by atoms with Crippen molar-refractivity contribution < 1.29 is 9.90 Å². The molecule has 3 rings (SSSR count). The summed E-state index contributed by atoms with van der Waals surface area (Å²) in [5.74, 6) is 0.242. The van der Waals surface area contributed by atoms with Gasteiger partial charge in [-0.2, -0.15) is 0 Å². The average molecular weight is 402 g/mol. The molecule has 0 aliphatic carbocycles. The monoisotopic (exact) mass is 401 g/mol. The maximum Gasteiger partial charge on any atom is 0.237 e. The fraction of sp³-hybridized carbons (Fsp3) is 0.200. The molecule has 0 radical (unpaired) electrons. The number of anilines is 1. The Kier molecular flexibility index (Phi) is 6.55. The lowest BCUT2D eigenvalue weighted by Crippen LogP contribution is -2.28. The molecular formula is C20H20ClN3O2S. The number of aromatic nitrogens is 2. The molecule has 0 saturated heterocycles. The van der Waals surface area contributed by atoms with Crippen LogP contribution in [0.4, 0.5) is 5.69 Å². The second-order valence-corrected chi connectivity index (χ2v) is 7.36. The predicted molar refractivity (Wildman–Crippen MR) is 109 cm³/mol. The molecule has 140 valence electrons. The minimum absolute atomic E-state index is 0.0159. The zero-order chi connectivity index (χ0) is 19.2. The van der Waals surface area contributed by atoms with E-state index in [1.54, 1.807) is 18.1 Å². The molecule has 0 unspecified atom stereocenters. The van der Waals surface area contributed by atoms with E-state index in [1.807, 2.05) is 59.2 Å². The predicted octanol–water partition coefficient (Wildman–Crippen LogP) is 3.83. The largest absolute Gasteiger partial charge is 0.390 e. The van der Waals surface area contributed by atoms with Gasteiger partial charge in [-0.25, -0.2) is 4.98 Å². The summed E-state index contributed by atoms with van der Waals surface area (Å²) in [5.41, 5.74) is 2.60.